The molecule has 0 aliphatic heterocycles. The van der Waals surface area contributed by atoms with E-state index in [1.165, 1.54) is 4.90 Å². The van der Waals surface area contributed by atoms with Crippen LogP contribution in [-0.2, 0) is 11.2 Å². The van der Waals surface area contributed by atoms with E-state index in [4.69, 9.17) is 4.52 Å². The van der Waals surface area contributed by atoms with Crippen LogP contribution in [-0.4, -0.2) is 46.2 Å². The number of nitrogens with zero attached hydrogens (tertiary/aromatic N) is 4. The lowest BCUT2D eigenvalue weighted by molar-refractivity contribution is -0.127. The number of amides is 2. The summed E-state index contributed by atoms with van der Waals surface area (Å²) in [7, 11) is 3.34. The predicted molar refractivity (Wildman–Crippen MR) is 96.9 cm³/mol. The van der Waals surface area contributed by atoms with Crippen molar-refractivity contribution < 1.29 is 14.1 Å². The number of anilines is 1. The minimum absolute atomic E-state index is 0.0831. The van der Waals surface area contributed by atoms with Crippen LogP contribution in [0.4, 0.5) is 5.13 Å². The van der Waals surface area contributed by atoms with E-state index in [-0.39, 0.29) is 18.2 Å². The van der Waals surface area contributed by atoms with Gasteiger partial charge in [0.2, 0.25) is 11.0 Å². The number of benzene rings is 1. The number of aryl methyl sites for hydroxylation is 1. The summed E-state index contributed by atoms with van der Waals surface area (Å²) in [5.41, 5.74) is 1.59. The third-order valence-electron chi connectivity index (χ3n) is 3.63. The average molecular weight is 371 g/mol. The first-order valence-electron chi connectivity index (χ1n) is 7.81. The molecule has 134 valence electrons. The lowest BCUT2D eigenvalue weighted by atomic mass is 10.1. The minimum Gasteiger partial charge on any atom is -0.360 e. The van der Waals surface area contributed by atoms with Crippen LogP contribution >= 0.6 is 11.3 Å². The number of rotatable bonds is 5. The molecule has 0 saturated heterocycles. The lowest BCUT2D eigenvalue weighted by Crippen LogP contribution is -2.23. The monoisotopic (exact) mass is 371 g/mol. The number of aromatic nitrogens is 3. The number of hydrogen-bond donors (Lipinski definition) is 1. The number of nitrogens with one attached hydrogen (secondary N) is 1. The van der Waals surface area contributed by atoms with Crippen LogP contribution in [0.5, 0.6) is 0 Å². The van der Waals surface area contributed by atoms with Crippen molar-refractivity contribution >= 4 is 28.3 Å². The van der Waals surface area contributed by atoms with E-state index in [0.29, 0.717) is 27.2 Å². The fourth-order valence-electron chi connectivity index (χ4n) is 2.26. The molecule has 1 aromatic carbocycles. The van der Waals surface area contributed by atoms with Gasteiger partial charge in [-0.25, -0.2) is 0 Å². The quantitative estimate of drug-likeness (QED) is 0.739. The fourth-order valence-corrected chi connectivity index (χ4v) is 2.98. The van der Waals surface area contributed by atoms with E-state index in [1.807, 2.05) is 30.3 Å². The van der Waals surface area contributed by atoms with Crippen LogP contribution in [0.15, 0.2) is 34.9 Å². The van der Waals surface area contributed by atoms with Crippen molar-refractivity contribution in [1.29, 1.82) is 0 Å². The standard InChI is InChI=1S/C17H17N5O3S/c1-10-14(15(21-25-10)11-7-5-4-6-8-11)16(24)18-17-20-19-12(26-17)9-13(23)22(2)3/h4-8H,9H2,1-3H3,(H,18,20,24). The Bertz CT molecular complexity index is 933. The first-order chi connectivity index (χ1) is 12.5. The molecule has 9 heteroatoms. The van der Waals surface area contributed by atoms with Gasteiger partial charge in [-0.3, -0.25) is 14.9 Å². The van der Waals surface area contributed by atoms with Crippen LogP contribution in [0, 0.1) is 6.92 Å². The van der Waals surface area contributed by atoms with Gasteiger partial charge in [0.05, 0.1) is 6.42 Å². The maximum Gasteiger partial charge on any atom is 0.263 e. The van der Waals surface area contributed by atoms with E-state index < -0.39 is 0 Å². The van der Waals surface area contributed by atoms with Gasteiger partial charge in [-0.2, -0.15) is 0 Å². The van der Waals surface area contributed by atoms with E-state index in [2.05, 4.69) is 20.7 Å². The normalized spacial score (nSPS) is 10.6. The van der Waals surface area contributed by atoms with E-state index in [9.17, 15) is 9.59 Å². The average Bonchev–Trinajstić information content (AvgIpc) is 3.22. The SMILES string of the molecule is Cc1onc(-c2ccccc2)c1C(=O)Nc1nnc(CC(=O)N(C)C)s1. The second-order valence-corrected chi connectivity index (χ2v) is 6.81. The summed E-state index contributed by atoms with van der Waals surface area (Å²) in [5, 5.41) is 15.4. The van der Waals surface area contributed by atoms with Crippen molar-refractivity contribution in [1.82, 2.24) is 20.3 Å². The highest BCUT2D eigenvalue weighted by Gasteiger charge is 2.23. The van der Waals surface area contributed by atoms with Gasteiger partial charge in [0.1, 0.15) is 22.0 Å². The number of likely N-dealkylation sites (N-methyl/N-ethyl adjacent to an activating group) is 1. The number of hydrogen-bond acceptors (Lipinski definition) is 7. The summed E-state index contributed by atoms with van der Waals surface area (Å²) in [6.45, 7) is 1.68. The lowest BCUT2D eigenvalue weighted by Gasteiger charge is -2.07. The van der Waals surface area contributed by atoms with Crippen molar-refractivity contribution in [2.75, 3.05) is 19.4 Å². The minimum atomic E-state index is -0.385. The van der Waals surface area contributed by atoms with Gasteiger partial charge in [-0.15, -0.1) is 10.2 Å². The molecule has 0 aliphatic rings. The zero-order valence-electron chi connectivity index (χ0n) is 14.5. The number of carbonyl (C=O) groups excluding carboxylic acids is 2. The van der Waals surface area contributed by atoms with Crippen molar-refractivity contribution in [2.45, 2.75) is 13.3 Å². The smallest absolute Gasteiger partial charge is 0.263 e. The van der Waals surface area contributed by atoms with Crippen molar-refractivity contribution in [3.63, 3.8) is 0 Å². The predicted octanol–water partition coefficient (Wildman–Crippen LogP) is 2.38. The van der Waals surface area contributed by atoms with Gasteiger partial charge < -0.3 is 9.42 Å². The topological polar surface area (TPSA) is 101 Å². The molecular weight excluding hydrogens is 354 g/mol. The Hall–Kier alpha value is -3.07. The van der Waals surface area contributed by atoms with Crippen LogP contribution in [0.3, 0.4) is 0 Å². The van der Waals surface area contributed by atoms with E-state index in [0.717, 1.165) is 16.9 Å². The van der Waals surface area contributed by atoms with Gasteiger partial charge in [0.15, 0.2) is 0 Å². The summed E-state index contributed by atoms with van der Waals surface area (Å²) in [5.74, 6) is -0.0571. The molecular formula is C17H17N5O3S. The maximum absolute atomic E-state index is 12.7. The summed E-state index contributed by atoms with van der Waals surface area (Å²) in [6, 6.07) is 9.31. The van der Waals surface area contributed by atoms with Gasteiger partial charge in [0.25, 0.3) is 5.91 Å². The molecule has 1 N–H and O–H groups in total. The van der Waals surface area contributed by atoms with Crippen molar-refractivity contribution in [3.05, 3.63) is 46.7 Å². The molecule has 2 heterocycles. The second kappa shape index (κ2) is 7.44. The first kappa shape index (κ1) is 17.7. The van der Waals surface area contributed by atoms with Crippen molar-refractivity contribution in [3.8, 4) is 11.3 Å². The summed E-state index contributed by atoms with van der Waals surface area (Å²) < 4.78 is 5.20. The number of carbonyl (C=O) groups is 2. The van der Waals surface area contributed by atoms with Crippen LogP contribution < -0.4 is 5.32 Å². The zero-order valence-corrected chi connectivity index (χ0v) is 15.3. The van der Waals surface area contributed by atoms with Gasteiger partial charge >= 0.3 is 0 Å². The Balaban J connectivity index is 1.79. The molecule has 0 unspecified atom stereocenters. The molecule has 2 amide bonds. The van der Waals surface area contributed by atoms with Gasteiger partial charge in [0, 0.05) is 19.7 Å². The highest BCUT2D eigenvalue weighted by atomic mass is 32.1. The first-order valence-corrected chi connectivity index (χ1v) is 8.63. The molecule has 0 atom stereocenters. The molecule has 0 bridgehead atoms. The Morgan fingerprint density at radius 3 is 2.62 bits per heavy atom. The second-order valence-electron chi connectivity index (χ2n) is 5.75. The highest BCUT2D eigenvalue weighted by molar-refractivity contribution is 7.15. The Labute approximate surface area is 153 Å². The largest absolute Gasteiger partial charge is 0.360 e. The molecule has 0 spiro atoms. The van der Waals surface area contributed by atoms with Crippen LogP contribution in [0.2, 0.25) is 0 Å². The Morgan fingerprint density at radius 2 is 1.92 bits per heavy atom. The highest BCUT2D eigenvalue weighted by Crippen LogP contribution is 2.26. The van der Waals surface area contributed by atoms with Gasteiger partial charge in [-0.1, -0.05) is 46.8 Å². The third kappa shape index (κ3) is 3.77. The zero-order chi connectivity index (χ0) is 18.7. The molecule has 0 radical (unpaired) electrons. The van der Waals surface area contributed by atoms with Crippen LogP contribution in [0.1, 0.15) is 21.1 Å². The molecule has 8 nitrogen and oxygen atoms in total. The summed E-state index contributed by atoms with van der Waals surface area (Å²) >= 11 is 1.16. The Morgan fingerprint density at radius 1 is 1.19 bits per heavy atom. The molecule has 26 heavy (non-hydrogen) atoms. The molecule has 3 rings (SSSR count). The van der Waals surface area contributed by atoms with Gasteiger partial charge in [-0.05, 0) is 6.92 Å². The summed E-state index contributed by atoms with van der Waals surface area (Å²) in [6.07, 6.45) is 0.141. The van der Waals surface area contributed by atoms with Crippen LogP contribution in [0.25, 0.3) is 11.3 Å². The summed E-state index contributed by atoms with van der Waals surface area (Å²) in [4.78, 5) is 25.9. The molecule has 0 saturated carbocycles. The molecule has 2 aromatic heterocycles. The third-order valence-corrected chi connectivity index (χ3v) is 4.46. The molecule has 3 aromatic rings. The Kier molecular flexibility index (Phi) is 5.08. The molecule has 0 aliphatic carbocycles. The van der Waals surface area contributed by atoms with E-state index >= 15 is 0 Å². The molecule has 0 fully saturated rings. The maximum atomic E-state index is 12.7. The van der Waals surface area contributed by atoms with E-state index in [1.54, 1.807) is 21.0 Å². The van der Waals surface area contributed by atoms with Crippen molar-refractivity contribution in [2.24, 2.45) is 0 Å². The fraction of sp³-hybridized carbons (Fsp3) is 0.235.